The number of benzene rings is 2. The van der Waals surface area contributed by atoms with Gasteiger partial charge in [-0.15, -0.1) is 0 Å². The molecule has 0 spiro atoms. The van der Waals surface area contributed by atoms with Gasteiger partial charge in [0, 0.05) is 13.0 Å². The van der Waals surface area contributed by atoms with E-state index in [-0.39, 0.29) is 30.5 Å². The predicted molar refractivity (Wildman–Crippen MR) is 171 cm³/mol. The molecule has 0 radical (unpaired) electrons. The van der Waals surface area contributed by atoms with Crippen molar-refractivity contribution in [1.29, 1.82) is 0 Å². The van der Waals surface area contributed by atoms with E-state index in [1.807, 2.05) is 54.6 Å². The van der Waals surface area contributed by atoms with Crippen molar-refractivity contribution < 1.29 is 28.2 Å². The summed E-state index contributed by atoms with van der Waals surface area (Å²) >= 11 is 0. The zero-order chi connectivity index (χ0) is 30.7. The van der Waals surface area contributed by atoms with E-state index in [2.05, 4.69) is 48.5 Å². The molecule has 0 amide bonds. The molecule has 2 aromatic carbocycles. The lowest BCUT2D eigenvalue weighted by Gasteiger charge is -2.43. The van der Waals surface area contributed by atoms with Crippen molar-refractivity contribution >= 4 is 14.1 Å². The Kier molecular flexibility index (Phi) is 13.7. The lowest BCUT2D eigenvalue weighted by molar-refractivity contribution is -0.164. The maximum Gasteiger partial charge on any atom is 0.200 e. The number of ether oxygens (including phenoxy) is 4. The Balaban J connectivity index is 1.78. The molecule has 7 heteroatoms. The van der Waals surface area contributed by atoms with Gasteiger partial charge in [-0.1, -0.05) is 90.9 Å². The normalized spacial score (nSPS) is 22.0. The number of hydrogen-bond donors (Lipinski definition) is 0. The van der Waals surface area contributed by atoms with Crippen molar-refractivity contribution in [3.63, 3.8) is 0 Å². The van der Waals surface area contributed by atoms with Crippen LogP contribution < -0.4 is 4.74 Å². The predicted octanol–water partition coefficient (Wildman–Crippen LogP) is 8.13. The summed E-state index contributed by atoms with van der Waals surface area (Å²) in [5, 5.41) is 0. The summed E-state index contributed by atoms with van der Waals surface area (Å²) in [5.41, 5.74) is 3.65. The highest BCUT2D eigenvalue weighted by atomic mass is 28.4. The number of methoxy groups -OCH3 is 1. The summed E-state index contributed by atoms with van der Waals surface area (Å²) in [7, 11) is -0.370. The SMILES string of the molecule is COc1ccc(CO[C@H]2C[C@@H](C)CC(=O)[C@H](COCc3ccccc3)O[C@@H]2CCO[Si](C(C)C)(C(C)C)C(C)C)cc1. The van der Waals surface area contributed by atoms with Gasteiger partial charge in [0.15, 0.2) is 14.1 Å². The number of ketones is 1. The van der Waals surface area contributed by atoms with Crippen molar-refractivity contribution in [2.45, 2.75) is 116 Å². The van der Waals surface area contributed by atoms with E-state index in [4.69, 9.17) is 23.4 Å². The second-order valence-electron chi connectivity index (χ2n) is 12.8. The van der Waals surface area contributed by atoms with Crippen LogP contribution in [0.5, 0.6) is 5.75 Å². The molecule has 0 saturated carbocycles. The molecule has 1 heterocycles. The van der Waals surface area contributed by atoms with Gasteiger partial charge in [0.1, 0.15) is 11.9 Å². The second-order valence-corrected chi connectivity index (χ2v) is 18.3. The van der Waals surface area contributed by atoms with Crippen molar-refractivity contribution in [3.05, 3.63) is 65.7 Å². The van der Waals surface area contributed by atoms with Gasteiger partial charge < -0.3 is 23.4 Å². The van der Waals surface area contributed by atoms with Crippen molar-refractivity contribution in [3.8, 4) is 5.75 Å². The zero-order valence-corrected chi connectivity index (χ0v) is 28.1. The average Bonchev–Trinajstić information content (AvgIpc) is 2.95. The molecule has 6 nitrogen and oxygen atoms in total. The summed E-state index contributed by atoms with van der Waals surface area (Å²) in [6.45, 7) is 17.7. The Hall–Kier alpha value is -2.03. The van der Waals surface area contributed by atoms with E-state index in [1.54, 1.807) is 7.11 Å². The van der Waals surface area contributed by atoms with Crippen LogP contribution in [0, 0.1) is 5.92 Å². The van der Waals surface area contributed by atoms with Crippen LogP contribution in [0.2, 0.25) is 16.6 Å². The molecular weight excluding hydrogens is 544 g/mol. The standard InChI is InChI=1S/C35H54O6Si/c1-25(2)42(26(3)4,27(5)6)40-19-18-33-34(39-23-30-14-16-31(37-8)17-15-30)21-28(7)20-32(36)35(41-33)24-38-22-29-12-10-9-11-13-29/h9-17,25-28,33-35H,18-24H2,1-8H3/t28-,33+,34-,35-/m0/s1. The molecule has 3 rings (SSSR count). The Morgan fingerprint density at radius 3 is 2.10 bits per heavy atom. The minimum absolute atomic E-state index is 0.102. The summed E-state index contributed by atoms with van der Waals surface area (Å²) in [5.74, 6) is 1.10. The Labute approximate surface area is 255 Å². The van der Waals surface area contributed by atoms with E-state index in [0.29, 0.717) is 49.3 Å². The third-order valence-electron chi connectivity index (χ3n) is 8.76. The first-order valence-electron chi connectivity index (χ1n) is 15.7. The Bertz CT molecular complexity index is 1030. The smallest absolute Gasteiger partial charge is 0.200 e. The summed E-state index contributed by atoms with van der Waals surface area (Å²) < 4.78 is 31.5. The fourth-order valence-electron chi connectivity index (χ4n) is 6.68. The third-order valence-corrected chi connectivity index (χ3v) is 14.9. The zero-order valence-electron chi connectivity index (χ0n) is 27.1. The second kappa shape index (κ2) is 16.7. The minimum Gasteiger partial charge on any atom is -0.497 e. The van der Waals surface area contributed by atoms with E-state index >= 15 is 0 Å². The highest BCUT2D eigenvalue weighted by Crippen LogP contribution is 2.42. The number of hydrogen-bond acceptors (Lipinski definition) is 6. The van der Waals surface area contributed by atoms with Crippen LogP contribution in [0.3, 0.4) is 0 Å². The van der Waals surface area contributed by atoms with Crippen LogP contribution in [-0.4, -0.2) is 52.7 Å². The Morgan fingerprint density at radius 1 is 0.881 bits per heavy atom. The number of carbonyl (C=O) groups is 1. The topological polar surface area (TPSA) is 63.2 Å². The molecular formula is C35H54O6Si. The monoisotopic (exact) mass is 598 g/mol. The molecule has 0 unspecified atom stereocenters. The van der Waals surface area contributed by atoms with Crippen LogP contribution in [0.1, 0.15) is 78.9 Å². The quantitative estimate of drug-likeness (QED) is 0.193. The lowest BCUT2D eigenvalue weighted by atomic mass is 9.90. The van der Waals surface area contributed by atoms with Crippen LogP contribution >= 0.6 is 0 Å². The van der Waals surface area contributed by atoms with Crippen LogP contribution in [-0.2, 0) is 36.6 Å². The van der Waals surface area contributed by atoms with Gasteiger partial charge in [-0.2, -0.15) is 0 Å². The van der Waals surface area contributed by atoms with Gasteiger partial charge in [0.05, 0.1) is 39.1 Å². The average molecular weight is 599 g/mol. The van der Waals surface area contributed by atoms with Crippen molar-refractivity contribution in [1.82, 2.24) is 0 Å². The van der Waals surface area contributed by atoms with Gasteiger partial charge >= 0.3 is 0 Å². The van der Waals surface area contributed by atoms with E-state index in [9.17, 15) is 4.79 Å². The third kappa shape index (κ3) is 9.48. The molecule has 0 aliphatic carbocycles. The molecule has 0 N–H and O–H groups in total. The van der Waals surface area contributed by atoms with Gasteiger partial charge in [0.2, 0.25) is 0 Å². The number of rotatable bonds is 15. The highest BCUT2D eigenvalue weighted by molar-refractivity contribution is 6.77. The van der Waals surface area contributed by atoms with E-state index < -0.39 is 14.4 Å². The Morgan fingerprint density at radius 2 is 1.50 bits per heavy atom. The summed E-state index contributed by atoms with van der Waals surface area (Å²) in [6.07, 6.45) is 0.807. The van der Waals surface area contributed by atoms with Crippen LogP contribution in [0.4, 0.5) is 0 Å². The van der Waals surface area contributed by atoms with Gasteiger partial charge in [-0.05, 0) is 58.6 Å². The summed E-state index contributed by atoms with van der Waals surface area (Å²) in [6, 6.07) is 18.0. The first-order chi connectivity index (χ1) is 20.1. The molecule has 0 bridgehead atoms. The molecule has 0 aromatic heterocycles. The first kappa shape index (κ1) is 34.5. The van der Waals surface area contributed by atoms with Gasteiger partial charge in [-0.25, -0.2) is 0 Å². The van der Waals surface area contributed by atoms with Gasteiger partial charge in [-0.3, -0.25) is 4.79 Å². The maximum atomic E-state index is 13.3. The fraction of sp³-hybridized carbons (Fsp3) is 0.629. The summed E-state index contributed by atoms with van der Waals surface area (Å²) in [4.78, 5) is 13.3. The molecule has 1 aliphatic rings. The van der Waals surface area contributed by atoms with E-state index in [1.165, 1.54) is 0 Å². The van der Waals surface area contributed by atoms with Gasteiger partial charge in [0.25, 0.3) is 0 Å². The first-order valence-corrected chi connectivity index (χ1v) is 17.9. The largest absolute Gasteiger partial charge is 0.497 e. The molecule has 4 atom stereocenters. The van der Waals surface area contributed by atoms with E-state index in [0.717, 1.165) is 23.3 Å². The molecule has 1 fully saturated rings. The number of Topliss-reactive ketones (excluding diaryl/α,β-unsaturated/α-hetero) is 1. The number of carbonyl (C=O) groups excluding carboxylic acids is 1. The molecule has 2 aromatic rings. The molecule has 42 heavy (non-hydrogen) atoms. The highest BCUT2D eigenvalue weighted by Gasteiger charge is 2.45. The fourth-order valence-corrected chi connectivity index (χ4v) is 12.1. The van der Waals surface area contributed by atoms with Crippen molar-refractivity contribution in [2.24, 2.45) is 5.92 Å². The maximum absolute atomic E-state index is 13.3. The molecule has 1 saturated heterocycles. The molecule has 1 aliphatic heterocycles. The van der Waals surface area contributed by atoms with Crippen molar-refractivity contribution in [2.75, 3.05) is 20.3 Å². The molecule has 234 valence electrons. The van der Waals surface area contributed by atoms with Crippen LogP contribution in [0.25, 0.3) is 0 Å². The minimum atomic E-state index is -2.04. The van der Waals surface area contributed by atoms with Crippen LogP contribution in [0.15, 0.2) is 54.6 Å². The lowest BCUT2D eigenvalue weighted by Crippen LogP contribution is -2.49.